The summed E-state index contributed by atoms with van der Waals surface area (Å²) in [4.78, 5) is 2.52. The number of piperidine rings is 1. The number of aryl methyl sites for hydroxylation is 1. The molecular formula is C15H16I2NOS2+. The fourth-order valence-corrected chi connectivity index (χ4v) is 7.10. The summed E-state index contributed by atoms with van der Waals surface area (Å²) in [5.74, 6) is 0.415. The molecule has 1 aromatic carbocycles. The third kappa shape index (κ3) is 3.48. The maximum atomic E-state index is 10.4. The van der Waals surface area contributed by atoms with Crippen LogP contribution in [0.2, 0.25) is 0 Å². The van der Waals surface area contributed by atoms with Gasteiger partial charge in [0.1, 0.15) is 18.8 Å². The van der Waals surface area contributed by atoms with Crippen molar-refractivity contribution in [2.24, 2.45) is 0 Å². The van der Waals surface area contributed by atoms with Gasteiger partial charge in [-0.05, 0) is 70.7 Å². The summed E-state index contributed by atoms with van der Waals surface area (Å²) in [5, 5.41) is 10.4. The maximum absolute atomic E-state index is 10.4. The van der Waals surface area contributed by atoms with Crippen molar-refractivity contribution in [2.75, 3.05) is 13.1 Å². The lowest BCUT2D eigenvalue weighted by molar-refractivity contribution is 0.459. The molecule has 0 radical (unpaired) electrons. The molecule has 0 saturated carbocycles. The molecular weight excluding hydrogens is 528 g/mol. The van der Waals surface area contributed by atoms with Crippen LogP contribution in [0.4, 0.5) is 0 Å². The molecule has 0 bridgehead atoms. The van der Waals surface area contributed by atoms with Gasteiger partial charge in [0, 0.05) is 26.9 Å². The molecule has 6 heteroatoms. The lowest BCUT2D eigenvalue weighted by atomic mass is 10.1. The monoisotopic (exact) mass is 544 g/mol. The zero-order valence-corrected chi connectivity index (χ0v) is 17.6. The van der Waals surface area contributed by atoms with Crippen molar-refractivity contribution in [3.63, 3.8) is 0 Å². The van der Waals surface area contributed by atoms with Crippen molar-refractivity contribution in [3.05, 3.63) is 28.1 Å². The van der Waals surface area contributed by atoms with Gasteiger partial charge in [-0.15, -0.1) is 0 Å². The first-order valence-electron chi connectivity index (χ1n) is 6.93. The number of hydrogen-bond acceptors (Lipinski definition) is 3. The molecule has 21 heavy (non-hydrogen) atoms. The third-order valence-electron chi connectivity index (χ3n) is 3.64. The average Bonchev–Trinajstić information content (AvgIpc) is 2.86. The first-order chi connectivity index (χ1) is 10.1. The van der Waals surface area contributed by atoms with Crippen LogP contribution in [0.25, 0.3) is 10.4 Å². The second kappa shape index (κ2) is 6.84. The van der Waals surface area contributed by atoms with Gasteiger partial charge in [0.2, 0.25) is 0 Å². The van der Waals surface area contributed by atoms with Gasteiger partial charge in [-0.2, -0.15) is 0 Å². The van der Waals surface area contributed by atoms with Crippen molar-refractivity contribution >= 4 is 67.9 Å². The Morgan fingerprint density at radius 1 is 1.10 bits per heavy atom. The molecule has 3 rings (SSSR count). The summed E-state index contributed by atoms with van der Waals surface area (Å²) in [6, 6.07) is 4.10. The highest BCUT2D eigenvalue weighted by Crippen LogP contribution is 2.39. The summed E-state index contributed by atoms with van der Waals surface area (Å²) < 4.78 is 5.98. The second-order valence-corrected chi connectivity index (χ2v) is 10.1. The SMILES string of the molecule is Cc1sc(=[N+]2CCCCC2)sc1-c1cc(I)cc(I)c1O. The Kier molecular flexibility index (Phi) is 5.27. The first-order valence-corrected chi connectivity index (χ1v) is 10.7. The minimum Gasteiger partial charge on any atom is -0.506 e. The van der Waals surface area contributed by atoms with Crippen molar-refractivity contribution in [1.29, 1.82) is 0 Å². The van der Waals surface area contributed by atoms with Crippen LogP contribution in [0.3, 0.4) is 0 Å². The van der Waals surface area contributed by atoms with E-state index in [0.29, 0.717) is 5.75 Å². The summed E-state index contributed by atoms with van der Waals surface area (Å²) in [7, 11) is 0. The number of aromatic hydroxyl groups is 1. The Morgan fingerprint density at radius 3 is 2.52 bits per heavy atom. The molecule has 2 heterocycles. The predicted octanol–water partition coefficient (Wildman–Crippen LogP) is 4.66. The van der Waals surface area contributed by atoms with Gasteiger partial charge in [0.05, 0.1) is 8.45 Å². The number of hydrogen-bond donors (Lipinski definition) is 1. The smallest absolute Gasteiger partial charge is 0.314 e. The molecule has 1 aliphatic heterocycles. The molecule has 0 unspecified atom stereocenters. The van der Waals surface area contributed by atoms with Crippen LogP contribution in [0.5, 0.6) is 5.75 Å². The number of phenolic OH excluding ortho intramolecular Hbond substituents is 1. The maximum Gasteiger partial charge on any atom is 0.314 e. The van der Waals surface area contributed by atoms with Crippen LogP contribution < -0.4 is 8.56 Å². The minimum absolute atomic E-state index is 0.415. The number of nitrogens with zero attached hydrogens (tertiary/aromatic N) is 1. The largest absolute Gasteiger partial charge is 0.506 e. The summed E-state index contributed by atoms with van der Waals surface area (Å²) in [5.41, 5.74) is 0.980. The van der Waals surface area contributed by atoms with E-state index in [1.165, 1.54) is 49.7 Å². The molecule has 2 aromatic rings. The molecule has 1 aromatic heterocycles. The van der Waals surface area contributed by atoms with Crippen molar-refractivity contribution in [3.8, 4) is 16.2 Å². The quantitative estimate of drug-likeness (QED) is 0.410. The molecule has 0 atom stereocenters. The molecule has 1 saturated heterocycles. The topological polar surface area (TPSA) is 23.2 Å². The second-order valence-electron chi connectivity index (χ2n) is 5.19. The van der Waals surface area contributed by atoms with E-state index in [9.17, 15) is 5.11 Å². The van der Waals surface area contributed by atoms with E-state index in [1.54, 1.807) is 0 Å². The Bertz CT molecular complexity index is 741. The Hall–Kier alpha value is 0.330. The Morgan fingerprint density at radius 2 is 1.81 bits per heavy atom. The lowest BCUT2D eigenvalue weighted by Crippen LogP contribution is -2.31. The number of phenols is 1. The van der Waals surface area contributed by atoms with Crippen LogP contribution in [-0.4, -0.2) is 18.2 Å². The van der Waals surface area contributed by atoms with Crippen molar-refractivity contribution in [2.45, 2.75) is 26.2 Å². The van der Waals surface area contributed by atoms with Gasteiger partial charge in [-0.1, -0.05) is 22.7 Å². The Labute approximate surface area is 159 Å². The summed E-state index contributed by atoms with van der Waals surface area (Å²) in [6.45, 7) is 4.51. The number of benzene rings is 1. The average molecular weight is 544 g/mol. The molecule has 0 spiro atoms. The molecule has 1 fully saturated rings. The summed E-state index contributed by atoms with van der Waals surface area (Å²) in [6.07, 6.45) is 3.95. The molecule has 2 nitrogen and oxygen atoms in total. The van der Waals surface area contributed by atoms with E-state index in [0.717, 1.165) is 9.13 Å². The van der Waals surface area contributed by atoms with Crippen molar-refractivity contribution < 1.29 is 5.11 Å². The highest BCUT2D eigenvalue weighted by atomic mass is 127. The zero-order chi connectivity index (χ0) is 15.0. The van der Waals surface area contributed by atoms with Crippen LogP contribution in [0.1, 0.15) is 24.1 Å². The summed E-state index contributed by atoms with van der Waals surface area (Å²) >= 11 is 8.22. The molecule has 112 valence electrons. The number of halogens is 2. The standard InChI is InChI=1S/C15H15I2NOS2/c1-9-14(11-7-10(16)8-12(17)13(11)19)21-15(20-9)18-5-3-2-4-6-18/h7-8H,2-6H2,1H3/p+1. The van der Waals surface area contributed by atoms with Gasteiger partial charge in [-0.25, -0.2) is 4.58 Å². The van der Waals surface area contributed by atoms with Crippen LogP contribution in [-0.2, 0) is 0 Å². The van der Waals surface area contributed by atoms with E-state index < -0.39 is 0 Å². The van der Waals surface area contributed by atoms with E-state index in [4.69, 9.17) is 0 Å². The van der Waals surface area contributed by atoms with Crippen molar-refractivity contribution in [1.82, 2.24) is 4.58 Å². The molecule has 1 aliphatic rings. The minimum atomic E-state index is 0.415. The lowest BCUT2D eigenvalue weighted by Gasteiger charge is -2.07. The fourth-order valence-electron chi connectivity index (χ4n) is 2.55. The van der Waals surface area contributed by atoms with E-state index >= 15 is 0 Å². The van der Waals surface area contributed by atoms with Gasteiger partial charge in [0.25, 0.3) is 0 Å². The Balaban J connectivity index is 2.14. The third-order valence-corrected chi connectivity index (χ3v) is 7.82. The first kappa shape index (κ1) is 16.2. The van der Waals surface area contributed by atoms with E-state index in [-0.39, 0.29) is 0 Å². The van der Waals surface area contributed by atoms with Crippen LogP contribution in [0, 0.1) is 14.1 Å². The fraction of sp³-hybridized carbons (Fsp3) is 0.400. The van der Waals surface area contributed by atoms with Crippen LogP contribution in [0.15, 0.2) is 12.1 Å². The highest BCUT2D eigenvalue weighted by molar-refractivity contribution is 14.1. The molecule has 0 amide bonds. The van der Waals surface area contributed by atoms with Crippen LogP contribution >= 0.6 is 67.9 Å². The molecule has 0 aliphatic carbocycles. The van der Waals surface area contributed by atoms with Gasteiger partial charge in [-0.3, -0.25) is 0 Å². The van der Waals surface area contributed by atoms with E-state index in [1.807, 2.05) is 28.7 Å². The molecule has 1 N–H and O–H groups in total. The van der Waals surface area contributed by atoms with Gasteiger partial charge in [0.15, 0.2) is 0 Å². The predicted molar refractivity (Wildman–Crippen MR) is 108 cm³/mol. The zero-order valence-electron chi connectivity index (χ0n) is 11.7. The van der Waals surface area contributed by atoms with Gasteiger partial charge < -0.3 is 5.11 Å². The number of rotatable bonds is 1. The normalized spacial score (nSPS) is 15.5. The van der Waals surface area contributed by atoms with Gasteiger partial charge >= 0.3 is 3.98 Å². The van der Waals surface area contributed by atoms with E-state index in [2.05, 4.69) is 62.7 Å². The highest BCUT2D eigenvalue weighted by Gasteiger charge is 2.19.